The van der Waals surface area contributed by atoms with Gasteiger partial charge in [0.25, 0.3) is 0 Å². The zero-order valence-corrected chi connectivity index (χ0v) is 65.0. The molecule has 0 saturated carbocycles. The van der Waals surface area contributed by atoms with Gasteiger partial charge in [-0.05, 0) is 175 Å². The maximum atomic E-state index is 5.71. The highest BCUT2D eigenvalue weighted by molar-refractivity contribution is 7.80. The molecule has 0 spiro atoms. The summed E-state index contributed by atoms with van der Waals surface area (Å²) >= 11 is 14.4. The number of hydrogen-bond acceptors (Lipinski definition) is 8. The Morgan fingerprint density at radius 2 is 0.765 bits per heavy atom. The van der Waals surface area contributed by atoms with Crippen LogP contribution in [0.1, 0.15) is 309 Å². The number of nitrogens with one attached hydrogen (secondary N) is 2. The second-order valence-corrected chi connectivity index (χ2v) is 31.9. The summed E-state index contributed by atoms with van der Waals surface area (Å²) in [4.78, 5) is 14.6. The Balaban J connectivity index is 0.000000238. The van der Waals surface area contributed by atoms with Gasteiger partial charge in [-0.1, -0.05) is 308 Å². The van der Waals surface area contributed by atoms with E-state index >= 15 is 0 Å². The Kier molecular flexibility index (Phi) is 33.6. The van der Waals surface area contributed by atoms with Crippen molar-refractivity contribution in [2.24, 2.45) is 10.7 Å². The molecule has 2 aliphatic rings. The fraction of sp³-hybridized carbons (Fsp3) is 0.545. The molecule has 0 fully saturated rings. The van der Waals surface area contributed by atoms with Crippen LogP contribution < -0.4 is 16.4 Å². The second kappa shape index (κ2) is 42.1. The molecule has 4 N–H and O–H groups in total. The van der Waals surface area contributed by atoms with E-state index in [0.29, 0.717) is 17.2 Å². The summed E-state index contributed by atoms with van der Waals surface area (Å²) < 4.78 is 2.51. The number of aliphatic imine (C=N–C) groups is 1. The highest BCUT2D eigenvalue weighted by atomic mass is 32.1. The fourth-order valence-electron chi connectivity index (χ4n) is 15.4. The van der Waals surface area contributed by atoms with Gasteiger partial charge in [-0.3, -0.25) is 0 Å². The topological polar surface area (TPSA) is 88.2 Å². The molecule has 10 rings (SSSR count). The summed E-state index contributed by atoms with van der Waals surface area (Å²) in [5, 5.41) is 12.5. The molecule has 2 aliphatic carbocycles. The lowest BCUT2D eigenvalue weighted by molar-refractivity contribution is 0.397. The molecule has 0 unspecified atom stereocenters. The molecule has 0 radical (unpaired) electrons. The van der Waals surface area contributed by atoms with E-state index in [9.17, 15) is 0 Å². The lowest BCUT2D eigenvalue weighted by atomic mass is 9.70. The predicted octanol–water partition coefficient (Wildman–Crippen LogP) is 28.4. The zero-order valence-electron chi connectivity index (χ0n) is 61.7. The average molecular weight is 1390 g/mol. The van der Waals surface area contributed by atoms with Gasteiger partial charge >= 0.3 is 0 Å². The first-order valence-corrected chi connectivity index (χ1v) is 41.5. The van der Waals surface area contributed by atoms with Crippen LogP contribution in [0.15, 0.2) is 126 Å². The number of anilines is 1. The minimum Gasteiger partial charge on any atom is -0.360 e. The molecule has 0 atom stereocenters. The van der Waals surface area contributed by atoms with Crippen molar-refractivity contribution in [2.75, 3.05) is 5.32 Å². The number of nitrogens with zero attached hydrogens (tertiary/aromatic N) is 3. The van der Waals surface area contributed by atoms with Gasteiger partial charge in [-0.15, -0.1) is 22.7 Å². The standard InChI is InChI=1S/C44H61N3S2.C41H52N2S2.C3H9N/c1-5-7-9-11-13-15-17-21-29-44(30-22-18-16-14-12-10-8-6-2)38-31-34(42-47-40-23-19-20-24-41(40)49-42)25-27-36(38)37-28-26-35(32-39(37)44)46-43(48)45-33(3)4;1-3-5-7-9-11-13-15-19-27-41(28-20-16-14-12-10-8-6-4-2)36-29-32(40-43-38-21-17-18-22-39(38)45-40)23-25-34(36)35-26-24-33(42-31-44)30-37(35)41;1-3(2)4/h19-20,23-28,31-33H,5-18,21-22,29-30H2,1-4H3,(H2,45,46,48);17-18,21-26,29-30H,3-16,19-20,27-28H2,1-2H3;3H,4H2,1-2H3. The maximum Gasteiger partial charge on any atom is 0.170 e. The van der Waals surface area contributed by atoms with Gasteiger partial charge in [-0.25, -0.2) is 9.97 Å². The summed E-state index contributed by atoms with van der Waals surface area (Å²) in [6.45, 7) is 17.4. The largest absolute Gasteiger partial charge is 0.360 e. The molecule has 0 amide bonds. The lowest BCUT2D eigenvalue weighted by Crippen LogP contribution is -2.34. The normalized spacial score (nSPS) is 13.0. The molecule has 2 aromatic heterocycles. The first-order chi connectivity index (χ1) is 47.9. The van der Waals surface area contributed by atoms with Crippen LogP contribution in [-0.2, 0) is 10.8 Å². The minimum absolute atomic E-state index is 0.00519. The van der Waals surface area contributed by atoms with Crippen molar-refractivity contribution in [3.63, 3.8) is 0 Å². The number of unbranched alkanes of at least 4 members (excludes halogenated alkanes) is 28. The number of thiocarbonyl (C=S) groups is 2. The third-order valence-electron chi connectivity index (χ3n) is 20.5. The fourth-order valence-corrected chi connectivity index (χ4v) is 17.8. The van der Waals surface area contributed by atoms with Gasteiger partial charge in [0, 0.05) is 33.7 Å². The molecule has 98 heavy (non-hydrogen) atoms. The van der Waals surface area contributed by atoms with Crippen molar-refractivity contribution in [1.29, 1.82) is 0 Å². The van der Waals surface area contributed by atoms with E-state index < -0.39 is 0 Å². The van der Waals surface area contributed by atoms with Crippen molar-refractivity contribution in [2.45, 2.75) is 309 Å². The lowest BCUT2D eigenvalue weighted by Gasteiger charge is -2.33. The van der Waals surface area contributed by atoms with Crippen LogP contribution in [0.2, 0.25) is 0 Å². The zero-order chi connectivity index (χ0) is 69.4. The van der Waals surface area contributed by atoms with Gasteiger partial charge in [0.15, 0.2) is 5.11 Å². The Hall–Kier alpha value is -5.45. The van der Waals surface area contributed by atoms with E-state index in [1.807, 2.05) is 36.5 Å². The molecule has 528 valence electrons. The van der Waals surface area contributed by atoms with Crippen LogP contribution in [0, 0.1) is 0 Å². The molecule has 8 aromatic rings. The van der Waals surface area contributed by atoms with Gasteiger partial charge in [-0.2, -0.15) is 4.99 Å². The predicted molar refractivity (Wildman–Crippen MR) is 440 cm³/mol. The minimum atomic E-state index is -0.00738. The molecule has 10 heteroatoms. The molecule has 0 saturated heterocycles. The number of isothiocyanates is 1. The molecule has 0 bridgehead atoms. The van der Waals surface area contributed by atoms with Crippen molar-refractivity contribution in [3.05, 3.63) is 144 Å². The Morgan fingerprint density at radius 1 is 0.439 bits per heavy atom. The summed E-state index contributed by atoms with van der Waals surface area (Å²) in [5.74, 6) is 0. The molecule has 6 nitrogen and oxygen atoms in total. The van der Waals surface area contributed by atoms with Gasteiger partial charge in [0.1, 0.15) is 10.0 Å². The first-order valence-electron chi connectivity index (χ1n) is 39.1. The number of benzene rings is 6. The highest BCUT2D eigenvalue weighted by Crippen LogP contribution is 2.58. The summed E-state index contributed by atoms with van der Waals surface area (Å²) in [6, 6.07) is 45.9. The van der Waals surface area contributed by atoms with Crippen molar-refractivity contribution in [1.82, 2.24) is 15.3 Å². The number of aromatic nitrogens is 2. The van der Waals surface area contributed by atoms with E-state index in [1.165, 1.54) is 296 Å². The maximum absolute atomic E-state index is 5.71. The quantitative estimate of drug-likeness (QED) is 0.0200. The Bertz CT molecular complexity index is 3610. The van der Waals surface area contributed by atoms with Crippen LogP contribution in [-0.4, -0.2) is 32.3 Å². The number of thiazole rings is 2. The van der Waals surface area contributed by atoms with Crippen LogP contribution >= 0.6 is 47.1 Å². The molecule has 0 aliphatic heterocycles. The molecule has 2 heterocycles. The Labute approximate surface area is 612 Å². The monoisotopic (exact) mass is 1390 g/mol. The third-order valence-corrected chi connectivity index (χ3v) is 22.9. The molecule has 6 aromatic carbocycles. The van der Waals surface area contributed by atoms with Crippen LogP contribution in [0.4, 0.5) is 11.4 Å². The van der Waals surface area contributed by atoms with E-state index in [2.05, 4.69) is 184 Å². The van der Waals surface area contributed by atoms with E-state index in [1.54, 1.807) is 0 Å². The van der Waals surface area contributed by atoms with Crippen LogP contribution in [0.3, 0.4) is 0 Å². The molecular weight excluding hydrogens is 1270 g/mol. The average Bonchev–Trinajstić information content (AvgIpc) is 1.57. The summed E-state index contributed by atoms with van der Waals surface area (Å²) in [6.07, 6.45) is 47.7. The summed E-state index contributed by atoms with van der Waals surface area (Å²) in [7, 11) is 0. The van der Waals surface area contributed by atoms with E-state index in [0.717, 1.165) is 32.4 Å². The first kappa shape index (κ1) is 78.3. The van der Waals surface area contributed by atoms with Crippen LogP contribution in [0.5, 0.6) is 0 Å². The van der Waals surface area contributed by atoms with Gasteiger partial charge in [0.05, 0.1) is 31.3 Å². The number of fused-ring (bicyclic) bond motifs is 8. The van der Waals surface area contributed by atoms with E-state index in [4.69, 9.17) is 40.1 Å². The number of para-hydroxylation sites is 2. The number of rotatable bonds is 41. The third kappa shape index (κ3) is 22.5. The number of hydrogen-bond donors (Lipinski definition) is 3. The van der Waals surface area contributed by atoms with Gasteiger partial charge < -0.3 is 16.4 Å². The SMILES string of the molecule is CC(C)N.CCCCCCCCCCC1(CCCCCCCCCC)c2cc(N=C=S)ccc2-c2ccc(-c3nc4ccccc4s3)cc21.CCCCCCCCCCC1(CCCCCCCCCC)c2cc(NC(=S)NC(C)C)ccc2-c2ccc(-c3nc4ccccc4s3)cc21. The van der Waals surface area contributed by atoms with Crippen LogP contribution in [0.25, 0.3) is 63.8 Å². The second-order valence-electron chi connectivity index (χ2n) is 29.2. The molecular formula is C88H122N6S4. The highest BCUT2D eigenvalue weighted by Gasteiger charge is 2.44. The van der Waals surface area contributed by atoms with Crippen molar-refractivity contribution in [3.8, 4) is 43.4 Å². The Morgan fingerprint density at radius 3 is 1.12 bits per heavy atom. The van der Waals surface area contributed by atoms with Crippen molar-refractivity contribution < 1.29 is 0 Å². The number of nitrogens with two attached hydrogens (primary N) is 1. The summed E-state index contributed by atoms with van der Waals surface area (Å²) in [5.41, 5.74) is 23.4. The van der Waals surface area contributed by atoms with Crippen molar-refractivity contribution >= 4 is 89.2 Å². The van der Waals surface area contributed by atoms with E-state index in [-0.39, 0.29) is 10.8 Å². The van der Waals surface area contributed by atoms with Gasteiger partial charge in [0.2, 0.25) is 0 Å². The smallest absolute Gasteiger partial charge is 0.170 e.